The standard InChI is InChI=1S/C12H19N5/c1-12(2,6-7-13)5-3-10-15-16-11-4-8-14-9-17(10)11/h4,8-9H,3,5-7,13H2,1-2H3. The molecule has 2 N–H and O–H groups in total. The van der Waals surface area contributed by atoms with Gasteiger partial charge in [0.05, 0.1) is 0 Å². The molecule has 5 heteroatoms. The first-order valence-corrected chi connectivity index (χ1v) is 5.96. The number of fused-ring (bicyclic) bond motifs is 1. The first kappa shape index (κ1) is 12.0. The molecule has 0 aromatic carbocycles. The van der Waals surface area contributed by atoms with Gasteiger partial charge in [0.1, 0.15) is 12.2 Å². The number of aromatic nitrogens is 4. The molecule has 2 aromatic heterocycles. The van der Waals surface area contributed by atoms with Gasteiger partial charge < -0.3 is 5.73 Å². The van der Waals surface area contributed by atoms with Gasteiger partial charge in [-0.2, -0.15) is 0 Å². The fourth-order valence-electron chi connectivity index (χ4n) is 1.93. The lowest BCUT2D eigenvalue weighted by molar-refractivity contribution is 0.310. The molecule has 0 saturated heterocycles. The fourth-order valence-corrected chi connectivity index (χ4v) is 1.93. The van der Waals surface area contributed by atoms with Crippen molar-refractivity contribution in [1.29, 1.82) is 0 Å². The zero-order valence-corrected chi connectivity index (χ0v) is 10.4. The van der Waals surface area contributed by atoms with Gasteiger partial charge in [-0.25, -0.2) is 4.98 Å². The molecule has 0 atom stereocenters. The highest BCUT2D eigenvalue weighted by atomic mass is 15.3. The summed E-state index contributed by atoms with van der Waals surface area (Å²) in [5.74, 6) is 0.971. The Morgan fingerprint density at radius 1 is 1.29 bits per heavy atom. The van der Waals surface area contributed by atoms with Crippen LogP contribution in [0, 0.1) is 5.41 Å². The minimum atomic E-state index is 0.253. The van der Waals surface area contributed by atoms with Crippen LogP contribution in [0.25, 0.3) is 5.65 Å². The summed E-state index contributed by atoms with van der Waals surface area (Å²) in [6, 6.07) is 1.86. The number of rotatable bonds is 5. The summed E-state index contributed by atoms with van der Waals surface area (Å²) in [5, 5.41) is 8.31. The smallest absolute Gasteiger partial charge is 0.163 e. The van der Waals surface area contributed by atoms with Gasteiger partial charge in [-0.1, -0.05) is 13.8 Å². The van der Waals surface area contributed by atoms with Crippen LogP contribution in [0.4, 0.5) is 0 Å². The Morgan fingerprint density at radius 3 is 2.88 bits per heavy atom. The van der Waals surface area contributed by atoms with Crippen LogP contribution >= 0.6 is 0 Å². The van der Waals surface area contributed by atoms with Crippen molar-refractivity contribution in [2.24, 2.45) is 11.1 Å². The summed E-state index contributed by atoms with van der Waals surface area (Å²) in [5.41, 5.74) is 6.72. The topological polar surface area (TPSA) is 69.1 Å². The van der Waals surface area contributed by atoms with Gasteiger partial charge in [0, 0.05) is 18.7 Å². The molecule has 0 spiro atoms. The lowest BCUT2D eigenvalue weighted by atomic mass is 9.84. The Balaban J connectivity index is 2.09. The van der Waals surface area contributed by atoms with Crippen molar-refractivity contribution < 1.29 is 0 Å². The van der Waals surface area contributed by atoms with Crippen molar-refractivity contribution in [2.45, 2.75) is 33.1 Å². The maximum absolute atomic E-state index is 5.61. The summed E-state index contributed by atoms with van der Waals surface area (Å²) < 4.78 is 1.94. The van der Waals surface area contributed by atoms with Crippen LogP contribution in [0.3, 0.4) is 0 Å². The molecule has 0 saturated carbocycles. The quantitative estimate of drug-likeness (QED) is 0.848. The van der Waals surface area contributed by atoms with E-state index in [2.05, 4.69) is 29.0 Å². The van der Waals surface area contributed by atoms with Crippen LogP contribution < -0.4 is 5.73 Å². The third-order valence-electron chi connectivity index (χ3n) is 3.13. The monoisotopic (exact) mass is 233 g/mol. The van der Waals surface area contributed by atoms with Crippen LogP contribution in [0.5, 0.6) is 0 Å². The van der Waals surface area contributed by atoms with Gasteiger partial charge >= 0.3 is 0 Å². The molecule has 2 aromatic rings. The minimum Gasteiger partial charge on any atom is -0.330 e. The van der Waals surface area contributed by atoms with Gasteiger partial charge in [-0.3, -0.25) is 4.40 Å². The number of nitrogens with zero attached hydrogens (tertiary/aromatic N) is 4. The van der Waals surface area contributed by atoms with E-state index in [0.717, 1.165) is 37.3 Å². The van der Waals surface area contributed by atoms with Crippen molar-refractivity contribution in [3.05, 3.63) is 24.4 Å². The predicted molar refractivity (Wildman–Crippen MR) is 66.6 cm³/mol. The molecular formula is C12H19N5. The van der Waals surface area contributed by atoms with Crippen LogP contribution in [0.1, 0.15) is 32.5 Å². The van der Waals surface area contributed by atoms with Gasteiger partial charge in [0.15, 0.2) is 5.65 Å². The molecule has 0 aliphatic heterocycles. The fraction of sp³-hybridized carbons (Fsp3) is 0.583. The lowest BCUT2D eigenvalue weighted by Crippen LogP contribution is -2.18. The van der Waals surface area contributed by atoms with Crippen LogP contribution in [-0.2, 0) is 6.42 Å². The number of aryl methyl sites for hydroxylation is 1. The molecule has 0 aliphatic rings. The second kappa shape index (κ2) is 4.79. The summed E-state index contributed by atoms with van der Waals surface area (Å²) in [7, 11) is 0. The van der Waals surface area contributed by atoms with E-state index < -0.39 is 0 Å². The van der Waals surface area contributed by atoms with Crippen molar-refractivity contribution in [1.82, 2.24) is 19.6 Å². The molecule has 0 amide bonds. The van der Waals surface area contributed by atoms with Crippen molar-refractivity contribution >= 4 is 5.65 Å². The highest BCUT2D eigenvalue weighted by Crippen LogP contribution is 2.25. The van der Waals surface area contributed by atoms with Crippen LogP contribution in [0.2, 0.25) is 0 Å². The second-order valence-corrected chi connectivity index (χ2v) is 5.13. The van der Waals surface area contributed by atoms with Crippen LogP contribution in [0.15, 0.2) is 18.6 Å². The highest BCUT2D eigenvalue weighted by Gasteiger charge is 2.18. The van der Waals surface area contributed by atoms with Gasteiger partial charge in [-0.05, 0) is 24.8 Å². The number of hydrogen-bond donors (Lipinski definition) is 1. The van der Waals surface area contributed by atoms with E-state index >= 15 is 0 Å². The van der Waals surface area contributed by atoms with Crippen molar-refractivity contribution in [2.75, 3.05) is 6.54 Å². The first-order chi connectivity index (χ1) is 8.12. The number of hydrogen-bond acceptors (Lipinski definition) is 4. The minimum absolute atomic E-state index is 0.253. The maximum atomic E-state index is 5.61. The van der Waals surface area contributed by atoms with Gasteiger partial charge in [0.2, 0.25) is 0 Å². The van der Waals surface area contributed by atoms with E-state index in [-0.39, 0.29) is 5.41 Å². The predicted octanol–water partition coefficient (Wildman–Crippen LogP) is 1.43. The molecule has 2 rings (SSSR count). The summed E-state index contributed by atoms with van der Waals surface area (Å²) in [6.07, 6.45) is 6.48. The van der Waals surface area contributed by atoms with E-state index in [1.807, 2.05) is 10.5 Å². The van der Waals surface area contributed by atoms with Crippen LogP contribution in [-0.4, -0.2) is 26.1 Å². The molecule has 92 valence electrons. The Bertz CT molecular complexity index is 488. The molecule has 0 fully saturated rings. The normalized spacial score (nSPS) is 12.2. The third-order valence-corrected chi connectivity index (χ3v) is 3.13. The highest BCUT2D eigenvalue weighted by molar-refractivity contribution is 5.35. The molecule has 17 heavy (non-hydrogen) atoms. The molecule has 0 radical (unpaired) electrons. The molecule has 2 heterocycles. The Labute approximate surface area is 101 Å². The first-order valence-electron chi connectivity index (χ1n) is 5.96. The van der Waals surface area contributed by atoms with Gasteiger partial charge in [0.25, 0.3) is 0 Å². The summed E-state index contributed by atoms with van der Waals surface area (Å²) in [4.78, 5) is 4.09. The Morgan fingerprint density at radius 2 is 2.12 bits per heavy atom. The van der Waals surface area contributed by atoms with E-state index in [1.54, 1.807) is 12.5 Å². The SMILES string of the molecule is CC(C)(CCN)CCc1nnc2ccncn12. The zero-order chi connectivity index (χ0) is 12.3. The average molecular weight is 233 g/mol. The molecule has 5 nitrogen and oxygen atoms in total. The average Bonchev–Trinajstić information content (AvgIpc) is 2.70. The van der Waals surface area contributed by atoms with E-state index in [0.29, 0.717) is 0 Å². The summed E-state index contributed by atoms with van der Waals surface area (Å²) >= 11 is 0. The zero-order valence-electron chi connectivity index (χ0n) is 10.4. The third kappa shape index (κ3) is 2.79. The van der Waals surface area contributed by atoms with Crippen molar-refractivity contribution in [3.8, 4) is 0 Å². The Hall–Kier alpha value is -1.49. The molecule has 0 unspecified atom stereocenters. The molecule has 0 bridgehead atoms. The van der Waals surface area contributed by atoms with E-state index in [4.69, 9.17) is 5.73 Å². The van der Waals surface area contributed by atoms with Crippen molar-refractivity contribution in [3.63, 3.8) is 0 Å². The second-order valence-electron chi connectivity index (χ2n) is 5.13. The summed E-state index contributed by atoms with van der Waals surface area (Å²) in [6.45, 7) is 5.21. The lowest BCUT2D eigenvalue weighted by Gasteiger charge is -2.23. The van der Waals surface area contributed by atoms with E-state index in [9.17, 15) is 0 Å². The number of nitrogens with two attached hydrogens (primary N) is 1. The molecular weight excluding hydrogens is 214 g/mol. The maximum Gasteiger partial charge on any atom is 0.163 e. The molecule has 0 aliphatic carbocycles. The van der Waals surface area contributed by atoms with E-state index in [1.165, 1.54) is 0 Å². The Kier molecular flexibility index (Phi) is 3.38. The van der Waals surface area contributed by atoms with Gasteiger partial charge in [-0.15, -0.1) is 10.2 Å². The largest absolute Gasteiger partial charge is 0.330 e.